The van der Waals surface area contributed by atoms with Crippen LogP contribution < -0.4 is 0 Å². The molecule has 0 N–H and O–H groups in total. The van der Waals surface area contributed by atoms with Gasteiger partial charge in [-0.3, -0.25) is 19.3 Å². The van der Waals surface area contributed by atoms with Gasteiger partial charge >= 0.3 is 5.97 Å². The van der Waals surface area contributed by atoms with Crippen LogP contribution in [-0.2, 0) is 20.9 Å². The van der Waals surface area contributed by atoms with Crippen molar-refractivity contribution in [2.45, 2.75) is 17.5 Å². The molecule has 2 saturated heterocycles. The average Bonchev–Trinajstić information content (AvgIpc) is 3.26. The predicted octanol–water partition coefficient (Wildman–Crippen LogP) is 1.68. The third kappa shape index (κ3) is 2.38. The molecule has 146 valence electrons. The molecule has 3 heterocycles. The molecule has 5 rings (SSSR count). The second-order valence-electron chi connectivity index (χ2n) is 7.02. The molecule has 0 unspecified atom stereocenters. The van der Waals surface area contributed by atoms with E-state index in [2.05, 4.69) is 0 Å². The minimum absolute atomic E-state index is 0.0544. The molecule has 0 aliphatic carbocycles. The predicted molar refractivity (Wildman–Crippen MR) is 104 cm³/mol. The Labute approximate surface area is 170 Å². The highest BCUT2D eigenvalue weighted by Gasteiger charge is 2.73. The SMILES string of the molecule is O=C1c2ccccc2C(=O)N1[C@H]1C(=O)N2CCS[C@]12C(=O)OCc1ccccc1. The largest absolute Gasteiger partial charge is 0.458 e. The number of hydrogen-bond acceptors (Lipinski definition) is 6. The van der Waals surface area contributed by atoms with Crippen molar-refractivity contribution in [1.29, 1.82) is 0 Å². The van der Waals surface area contributed by atoms with Gasteiger partial charge in [-0.25, -0.2) is 4.79 Å². The second kappa shape index (κ2) is 6.45. The first-order valence-electron chi connectivity index (χ1n) is 9.19. The van der Waals surface area contributed by atoms with Crippen LogP contribution in [0.5, 0.6) is 0 Å². The highest BCUT2D eigenvalue weighted by atomic mass is 32.2. The molecule has 0 spiro atoms. The molecular formula is C21H16N2O5S. The summed E-state index contributed by atoms with van der Waals surface area (Å²) in [5, 5.41) is 0. The van der Waals surface area contributed by atoms with E-state index in [1.54, 1.807) is 24.3 Å². The standard InChI is InChI=1S/C21H16N2O5S/c24-17-14-8-4-5-9-15(14)18(25)23(17)16-19(26)22-10-11-29-21(16,22)20(27)28-12-13-6-2-1-3-7-13/h1-9,16H,10-12H2/t16-,21-/m0/s1. The summed E-state index contributed by atoms with van der Waals surface area (Å²) in [6.45, 7) is 0.433. The lowest BCUT2D eigenvalue weighted by molar-refractivity contribution is -0.176. The number of fused-ring (bicyclic) bond motifs is 2. The monoisotopic (exact) mass is 408 g/mol. The van der Waals surface area contributed by atoms with Gasteiger partial charge in [-0.2, -0.15) is 0 Å². The van der Waals surface area contributed by atoms with E-state index < -0.39 is 34.6 Å². The lowest BCUT2D eigenvalue weighted by atomic mass is 9.92. The van der Waals surface area contributed by atoms with Crippen molar-refractivity contribution in [2.24, 2.45) is 0 Å². The Morgan fingerprint density at radius 1 is 1.00 bits per heavy atom. The fraction of sp³-hybridized carbons (Fsp3) is 0.238. The first-order valence-corrected chi connectivity index (χ1v) is 10.2. The fourth-order valence-corrected chi connectivity index (χ4v) is 5.58. The van der Waals surface area contributed by atoms with E-state index in [9.17, 15) is 19.2 Å². The zero-order valence-electron chi connectivity index (χ0n) is 15.2. The number of benzene rings is 2. The third-order valence-corrected chi connectivity index (χ3v) is 6.93. The number of ether oxygens (including phenoxy) is 1. The van der Waals surface area contributed by atoms with Gasteiger partial charge in [0.2, 0.25) is 4.87 Å². The number of hydrogen-bond donors (Lipinski definition) is 0. The molecule has 3 aliphatic heterocycles. The summed E-state index contributed by atoms with van der Waals surface area (Å²) in [7, 11) is 0. The quantitative estimate of drug-likeness (QED) is 0.435. The Hall–Kier alpha value is -3.13. The molecule has 0 radical (unpaired) electrons. The van der Waals surface area contributed by atoms with E-state index in [-0.39, 0.29) is 17.7 Å². The summed E-state index contributed by atoms with van der Waals surface area (Å²) in [6, 6.07) is 14.5. The van der Waals surface area contributed by atoms with Crippen LogP contribution in [-0.4, -0.2) is 56.7 Å². The summed E-state index contributed by atoms with van der Waals surface area (Å²) in [5.74, 6) is -1.57. The number of β-lactam (4-membered cyclic amide) rings is 1. The normalized spacial score (nSPS) is 25.0. The second-order valence-corrected chi connectivity index (χ2v) is 8.34. The summed E-state index contributed by atoms with van der Waals surface area (Å²) < 4.78 is 5.52. The molecule has 8 heteroatoms. The molecule has 2 aromatic rings. The Bertz CT molecular complexity index is 1020. The fourth-order valence-electron chi connectivity index (χ4n) is 4.12. The zero-order valence-corrected chi connectivity index (χ0v) is 16.1. The smallest absolute Gasteiger partial charge is 0.345 e. The van der Waals surface area contributed by atoms with Crippen LogP contribution in [0, 0.1) is 0 Å². The van der Waals surface area contributed by atoms with Gasteiger partial charge in [-0.05, 0) is 17.7 Å². The number of amides is 3. The third-order valence-electron chi connectivity index (χ3n) is 5.50. The number of nitrogens with zero attached hydrogens (tertiary/aromatic N) is 2. The number of thioether (sulfide) groups is 1. The maximum atomic E-state index is 13.1. The van der Waals surface area contributed by atoms with Crippen LogP contribution in [0.3, 0.4) is 0 Å². The number of carbonyl (C=O) groups excluding carboxylic acids is 4. The van der Waals surface area contributed by atoms with E-state index in [0.29, 0.717) is 12.3 Å². The van der Waals surface area contributed by atoms with Crippen LogP contribution in [0.4, 0.5) is 0 Å². The van der Waals surface area contributed by atoms with Crippen molar-refractivity contribution >= 4 is 35.5 Å². The van der Waals surface area contributed by atoms with Gasteiger partial charge < -0.3 is 9.64 Å². The molecule has 0 aromatic heterocycles. The summed E-state index contributed by atoms with van der Waals surface area (Å²) in [6.07, 6.45) is 0. The topological polar surface area (TPSA) is 84.0 Å². The van der Waals surface area contributed by atoms with Crippen molar-refractivity contribution in [3.8, 4) is 0 Å². The van der Waals surface area contributed by atoms with Gasteiger partial charge in [0.05, 0.1) is 11.1 Å². The first-order chi connectivity index (χ1) is 14.1. The maximum Gasteiger partial charge on any atom is 0.345 e. The molecular weight excluding hydrogens is 392 g/mol. The molecule has 3 aliphatic rings. The van der Waals surface area contributed by atoms with Gasteiger partial charge in [0.15, 0.2) is 6.04 Å². The molecule has 2 atom stereocenters. The van der Waals surface area contributed by atoms with Gasteiger partial charge in [0.25, 0.3) is 17.7 Å². The molecule has 3 amide bonds. The maximum absolute atomic E-state index is 13.1. The molecule has 0 bridgehead atoms. The zero-order chi connectivity index (χ0) is 20.2. The van der Waals surface area contributed by atoms with Gasteiger partial charge in [-0.1, -0.05) is 42.5 Å². The lowest BCUT2D eigenvalue weighted by Gasteiger charge is -2.52. The Morgan fingerprint density at radius 3 is 2.28 bits per heavy atom. The summed E-state index contributed by atoms with van der Waals surface area (Å²) >= 11 is 1.25. The average molecular weight is 408 g/mol. The summed E-state index contributed by atoms with van der Waals surface area (Å²) in [5.41, 5.74) is 1.31. The van der Waals surface area contributed by atoms with Crippen molar-refractivity contribution in [3.05, 3.63) is 71.3 Å². The number of imide groups is 1. The van der Waals surface area contributed by atoms with Crippen LogP contribution in [0.2, 0.25) is 0 Å². The molecule has 0 saturated carbocycles. The molecule has 7 nitrogen and oxygen atoms in total. The van der Waals surface area contributed by atoms with E-state index >= 15 is 0 Å². The minimum atomic E-state index is -1.38. The number of esters is 1. The van der Waals surface area contributed by atoms with Crippen LogP contribution >= 0.6 is 11.8 Å². The van der Waals surface area contributed by atoms with Crippen molar-refractivity contribution < 1.29 is 23.9 Å². The van der Waals surface area contributed by atoms with E-state index in [4.69, 9.17) is 4.74 Å². The highest BCUT2D eigenvalue weighted by molar-refractivity contribution is 8.01. The van der Waals surface area contributed by atoms with Crippen molar-refractivity contribution in [3.63, 3.8) is 0 Å². The van der Waals surface area contributed by atoms with Crippen molar-refractivity contribution in [1.82, 2.24) is 9.80 Å². The highest BCUT2D eigenvalue weighted by Crippen LogP contribution is 2.51. The van der Waals surface area contributed by atoms with E-state index in [1.165, 1.54) is 16.7 Å². The molecule has 29 heavy (non-hydrogen) atoms. The van der Waals surface area contributed by atoms with E-state index in [1.807, 2.05) is 30.3 Å². The van der Waals surface area contributed by atoms with E-state index in [0.717, 1.165) is 10.5 Å². The Balaban J connectivity index is 1.45. The van der Waals surface area contributed by atoms with Gasteiger partial charge in [-0.15, -0.1) is 11.8 Å². The van der Waals surface area contributed by atoms with Crippen LogP contribution in [0.25, 0.3) is 0 Å². The Morgan fingerprint density at radius 2 is 1.62 bits per heavy atom. The minimum Gasteiger partial charge on any atom is -0.458 e. The Kier molecular flexibility index (Phi) is 3.99. The first kappa shape index (κ1) is 17.9. The van der Waals surface area contributed by atoms with Crippen LogP contribution in [0.1, 0.15) is 26.3 Å². The summed E-state index contributed by atoms with van der Waals surface area (Å²) in [4.78, 5) is 52.7. The van der Waals surface area contributed by atoms with Gasteiger partial charge in [0, 0.05) is 12.3 Å². The lowest BCUT2D eigenvalue weighted by Crippen LogP contribution is -2.79. The number of rotatable bonds is 4. The van der Waals surface area contributed by atoms with Crippen LogP contribution in [0.15, 0.2) is 54.6 Å². The molecule has 2 aromatic carbocycles. The van der Waals surface area contributed by atoms with Crippen molar-refractivity contribution in [2.75, 3.05) is 12.3 Å². The van der Waals surface area contributed by atoms with Gasteiger partial charge in [0.1, 0.15) is 6.61 Å². The number of carbonyl (C=O) groups is 4. The molecule has 2 fully saturated rings.